The first-order valence-corrected chi connectivity index (χ1v) is 10.1. The molecule has 0 spiro atoms. The van der Waals surface area contributed by atoms with Crippen LogP contribution < -0.4 is 10.1 Å². The van der Waals surface area contributed by atoms with Gasteiger partial charge in [-0.3, -0.25) is 14.5 Å². The Morgan fingerprint density at radius 3 is 2.39 bits per heavy atom. The number of imide groups is 1. The highest BCUT2D eigenvalue weighted by atomic mass is 35.5. The number of amides is 4. The van der Waals surface area contributed by atoms with E-state index in [1.165, 1.54) is 4.90 Å². The molecule has 0 aromatic heterocycles. The minimum absolute atomic E-state index is 0.221. The van der Waals surface area contributed by atoms with Crippen LogP contribution in [0.2, 0.25) is 5.02 Å². The molecule has 1 heterocycles. The van der Waals surface area contributed by atoms with Gasteiger partial charge in [0.15, 0.2) is 0 Å². The third kappa shape index (κ3) is 3.55. The number of carbonyl (C=O) groups excluding carboxylic acids is 3. The average Bonchev–Trinajstić information content (AvgIpc) is 3.57. The molecule has 4 rings (SSSR count). The molecule has 0 atom stereocenters. The highest BCUT2D eigenvalue weighted by Gasteiger charge is 2.65. The van der Waals surface area contributed by atoms with Gasteiger partial charge in [0.2, 0.25) is 5.91 Å². The van der Waals surface area contributed by atoms with Crippen LogP contribution in [0.5, 0.6) is 5.75 Å². The van der Waals surface area contributed by atoms with Gasteiger partial charge >= 0.3 is 6.03 Å². The van der Waals surface area contributed by atoms with Gasteiger partial charge < -0.3 is 15.0 Å². The lowest BCUT2D eigenvalue weighted by Crippen LogP contribution is -2.51. The van der Waals surface area contributed by atoms with Crippen LogP contribution >= 0.6 is 11.6 Å². The maximum atomic E-state index is 13.0. The Morgan fingerprint density at radius 1 is 1.21 bits per heavy atom. The van der Waals surface area contributed by atoms with Crippen molar-refractivity contribution < 1.29 is 19.1 Å². The summed E-state index contributed by atoms with van der Waals surface area (Å²) >= 11 is 5.84. The summed E-state index contributed by atoms with van der Waals surface area (Å²) in [5.74, 6) is 0.606. The van der Waals surface area contributed by atoms with Crippen LogP contribution in [0.4, 0.5) is 4.79 Å². The van der Waals surface area contributed by atoms with Crippen molar-refractivity contribution in [1.82, 2.24) is 15.1 Å². The minimum atomic E-state index is -0.756. The van der Waals surface area contributed by atoms with Crippen molar-refractivity contribution in [2.45, 2.75) is 31.2 Å². The summed E-state index contributed by atoms with van der Waals surface area (Å²) in [7, 11) is 1.64. The topological polar surface area (TPSA) is 79.0 Å². The third-order valence-corrected chi connectivity index (χ3v) is 6.08. The smallest absolute Gasteiger partial charge is 0.325 e. The van der Waals surface area contributed by atoms with Crippen LogP contribution in [0.3, 0.4) is 0 Å². The van der Waals surface area contributed by atoms with E-state index in [2.05, 4.69) is 5.32 Å². The zero-order chi connectivity index (χ0) is 19.9. The molecule has 150 valence electrons. The Kier molecular flexibility index (Phi) is 4.95. The van der Waals surface area contributed by atoms with Gasteiger partial charge in [0.05, 0.1) is 6.54 Å². The molecular formula is C20H24ClN3O4. The van der Waals surface area contributed by atoms with Crippen LogP contribution in [0.15, 0.2) is 24.3 Å². The van der Waals surface area contributed by atoms with E-state index >= 15 is 0 Å². The first-order chi connectivity index (χ1) is 13.4. The van der Waals surface area contributed by atoms with E-state index in [4.69, 9.17) is 16.3 Å². The molecular weight excluding hydrogens is 382 g/mol. The second-order valence-electron chi connectivity index (χ2n) is 7.86. The predicted octanol–water partition coefficient (Wildman–Crippen LogP) is 2.29. The van der Waals surface area contributed by atoms with Crippen molar-refractivity contribution in [3.05, 3.63) is 29.3 Å². The molecule has 1 aliphatic heterocycles. The Bertz CT molecular complexity index is 777. The third-order valence-electron chi connectivity index (χ3n) is 5.83. The molecule has 0 unspecified atom stereocenters. The summed E-state index contributed by atoms with van der Waals surface area (Å²) in [5.41, 5.74) is -0.756. The number of hydrogen-bond acceptors (Lipinski definition) is 4. The fraction of sp³-hybridized carbons (Fsp3) is 0.550. The SMILES string of the molecule is CN(CCOc1ccc(Cl)cc1)C(=O)CN1C(=O)NC(C2CC2)(C2CC2)C1=O. The van der Waals surface area contributed by atoms with E-state index in [1.54, 1.807) is 31.3 Å². The molecule has 2 aliphatic carbocycles. The van der Waals surface area contributed by atoms with Crippen molar-refractivity contribution in [1.29, 1.82) is 0 Å². The molecule has 1 aromatic carbocycles. The monoisotopic (exact) mass is 405 g/mol. The lowest BCUT2D eigenvalue weighted by atomic mass is 9.87. The fourth-order valence-corrected chi connectivity index (χ4v) is 4.06. The molecule has 4 amide bonds. The van der Waals surface area contributed by atoms with E-state index in [-0.39, 0.29) is 30.2 Å². The number of halogens is 1. The zero-order valence-electron chi connectivity index (χ0n) is 15.8. The minimum Gasteiger partial charge on any atom is -0.492 e. The normalized spacial score (nSPS) is 20.9. The number of ether oxygens (including phenoxy) is 1. The molecule has 1 N–H and O–H groups in total. The summed E-state index contributed by atoms with van der Waals surface area (Å²) in [6, 6.07) is 6.53. The van der Waals surface area contributed by atoms with Gasteiger partial charge in [-0.05, 0) is 61.8 Å². The molecule has 2 saturated carbocycles. The van der Waals surface area contributed by atoms with Crippen molar-refractivity contribution in [3.8, 4) is 5.75 Å². The van der Waals surface area contributed by atoms with Gasteiger partial charge in [0, 0.05) is 12.1 Å². The number of carbonyl (C=O) groups is 3. The Morgan fingerprint density at radius 2 is 1.82 bits per heavy atom. The van der Waals surface area contributed by atoms with Gasteiger partial charge in [0.1, 0.15) is 24.4 Å². The lowest BCUT2D eigenvalue weighted by Gasteiger charge is -2.26. The van der Waals surface area contributed by atoms with Crippen molar-refractivity contribution in [2.75, 3.05) is 26.7 Å². The van der Waals surface area contributed by atoms with Crippen molar-refractivity contribution in [3.63, 3.8) is 0 Å². The maximum Gasteiger partial charge on any atom is 0.325 e. The quantitative estimate of drug-likeness (QED) is 0.673. The average molecular weight is 406 g/mol. The van der Waals surface area contributed by atoms with E-state index in [1.807, 2.05) is 0 Å². The molecule has 1 aromatic rings. The van der Waals surface area contributed by atoms with Crippen molar-refractivity contribution >= 4 is 29.4 Å². The van der Waals surface area contributed by atoms with Crippen LogP contribution in [-0.2, 0) is 9.59 Å². The van der Waals surface area contributed by atoms with E-state index in [0.717, 1.165) is 30.6 Å². The van der Waals surface area contributed by atoms with Crippen LogP contribution in [0.1, 0.15) is 25.7 Å². The van der Waals surface area contributed by atoms with E-state index in [0.29, 0.717) is 23.9 Å². The predicted molar refractivity (Wildman–Crippen MR) is 103 cm³/mol. The van der Waals surface area contributed by atoms with Crippen molar-refractivity contribution in [2.24, 2.45) is 11.8 Å². The number of rotatable bonds is 8. The Balaban J connectivity index is 1.30. The molecule has 3 fully saturated rings. The first kappa shape index (κ1) is 19.1. The Labute approximate surface area is 168 Å². The van der Waals surface area contributed by atoms with E-state index < -0.39 is 11.6 Å². The number of benzene rings is 1. The molecule has 28 heavy (non-hydrogen) atoms. The summed E-state index contributed by atoms with van der Waals surface area (Å²) in [5, 5.41) is 3.56. The largest absolute Gasteiger partial charge is 0.492 e. The van der Waals surface area contributed by atoms with E-state index in [9.17, 15) is 14.4 Å². The standard InChI is InChI=1S/C20H24ClN3O4/c1-23(10-11-28-16-8-6-15(21)7-9-16)17(25)12-24-18(26)20(13-2-3-13,14-4-5-14)22-19(24)27/h6-9,13-14H,2-5,10-12H2,1H3,(H,22,27). The summed E-state index contributed by atoms with van der Waals surface area (Å²) in [6.07, 6.45) is 3.86. The molecule has 1 saturated heterocycles. The Hall–Kier alpha value is -2.28. The van der Waals surface area contributed by atoms with Gasteiger partial charge in [-0.15, -0.1) is 0 Å². The highest BCUT2D eigenvalue weighted by molar-refractivity contribution is 6.30. The molecule has 8 heteroatoms. The summed E-state index contributed by atoms with van der Waals surface area (Å²) < 4.78 is 5.59. The van der Waals surface area contributed by atoms with Gasteiger partial charge in [-0.25, -0.2) is 4.79 Å². The van der Waals surface area contributed by atoms with Gasteiger partial charge in [-0.2, -0.15) is 0 Å². The zero-order valence-corrected chi connectivity index (χ0v) is 16.6. The van der Waals surface area contributed by atoms with Gasteiger partial charge in [0.25, 0.3) is 5.91 Å². The number of nitrogens with one attached hydrogen (secondary N) is 1. The molecule has 0 radical (unpaired) electrons. The van der Waals surface area contributed by atoms with Crippen LogP contribution in [0, 0.1) is 11.8 Å². The maximum absolute atomic E-state index is 13.0. The molecule has 0 bridgehead atoms. The number of nitrogens with zero attached hydrogens (tertiary/aromatic N) is 2. The number of urea groups is 1. The van der Waals surface area contributed by atoms with Gasteiger partial charge in [-0.1, -0.05) is 11.6 Å². The number of hydrogen-bond donors (Lipinski definition) is 1. The summed E-state index contributed by atoms with van der Waals surface area (Å²) in [4.78, 5) is 40.6. The fourth-order valence-electron chi connectivity index (χ4n) is 3.93. The first-order valence-electron chi connectivity index (χ1n) is 9.68. The second-order valence-corrected chi connectivity index (χ2v) is 8.29. The highest BCUT2D eigenvalue weighted by Crippen LogP contribution is 2.54. The van der Waals surface area contributed by atoms with Crippen LogP contribution in [0.25, 0.3) is 0 Å². The second kappa shape index (κ2) is 7.28. The molecule has 3 aliphatic rings. The number of likely N-dealkylation sites (N-methyl/N-ethyl adjacent to an activating group) is 1. The molecule has 7 nitrogen and oxygen atoms in total. The van der Waals surface area contributed by atoms with Crippen LogP contribution in [-0.4, -0.2) is 59.9 Å². The summed E-state index contributed by atoms with van der Waals surface area (Å²) in [6.45, 7) is 0.420. The lowest BCUT2D eigenvalue weighted by molar-refractivity contribution is -0.139.